The summed E-state index contributed by atoms with van der Waals surface area (Å²) in [6, 6.07) is 17.1. The first-order valence-electron chi connectivity index (χ1n) is 9.37. The largest absolute Gasteiger partial charge is 0.357 e. The molecule has 140 valence electrons. The number of carbonyl (C=O) groups is 1. The van der Waals surface area contributed by atoms with E-state index in [1.165, 1.54) is 17.7 Å². The van der Waals surface area contributed by atoms with Crippen molar-refractivity contribution in [3.05, 3.63) is 71.7 Å². The number of aromatic amines is 1. The van der Waals surface area contributed by atoms with Gasteiger partial charge in [0.2, 0.25) is 5.91 Å². The van der Waals surface area contributed by atoms with E-state index in [9.17, 15) is 9.18 Å². The summed E-state index contributed by atoms with van der Waals surface area (Å²) in [6.45, 7) is 2.81. The Morgan fingerprint density at radius 1 is 1.22 bits per heavy atom. The van der Waals surface area contributed by atoms with Crippen LogP contribution in [0.2, 0.25) is 0 Å². The summed E-state index contributed by atoms with van der Waals surface area (Å²) in [4.78, 5) is 19.8. The summed E-state index contributed by atoms with van der Waals surface area (Å²) in [5.41, 5.74) is 3.15. The van der Waals surface area contributed by atoms with Crippen LogP contribution in [0.1, 0.15) is 23.6 Å². The zero-order valence-electron chi connectivity index (χ0n) is 15.5. The number of benzene rings is 2. The molecule has 0 bridgehead atoms. The number of nitrogens with zero attached hydrogens (tertiary/aromatic N) is 2. The maximum Gasteiger partial charge on any atom is 0.236 e. The number of amides is 1. The van der Waals surface area contributed by atoms with Gasteiger partial charge in [0.15, 0.2) is 0 Å². The zero-order chi connectivity index (χ0) is 18.8. The van der Waals surface area contributed by atoms with Crippen LogP contribution in [0.4, 0.5) is 4.39 Å². The molecule has 1 aliphatic heterocycles. The van der Waals surface area contributed by atoms with Crippen LogP contribution in [0.25, 0.3) is 10.9 Å². The van der Waals surface area contributed by atoms with Gasteiger partial charge in [0.1, 0.15) is 5.82 Å². The van der Waals surface area contributed by atoms with Crippen molar-refractivity contribution >= 4 is 16.8 Å². The Hall–Kier alpha value is -2.66. The fraction of sp³-hybridized carbons (Fsp3) is 0.318. The molecule has 2 heterocycles. The van der Waals surface area contributed by atoms with Crippen LogP contribution in [-0.2, 0) is 11.3 Å². The van der Waals surface area contributed by atoms with Crippen molar-refractivity contribution < 1.29 is 9.18 Å². The summed E-state index contributed by atoms with van der Waals surface area (Å²) in [6.07, 6.45) is 1.09. The molecular formula is C22H24FN3O. The molecule has 1 amide bonds. The molecule has 0 unspecified atom stereocenters. The topological polar surface area (TPSA) is 39.3 Å². The standard InChI is InChI=1S/C22H24FN3O/c1-25(14-20-12-18-11-19(23)7-8-21(18)24-20)22(27)15-26-10-9-17(13-26)16-5-3-2-4-6-16/h2-8,11-12,17,24H,9-10,13-15H2,1H3/t17-/m1/s1. The van der Waals surface area contributed by atoms with Crippen LogP contribution >= 0.6 is 0 Å². The number of hydrogen-bond donors (Lipinski definition) is 1. The third-order valence-corrected chi connectivity index (χ3v) is 5.37. The number of rotatable bonds is 5. The van der Waals surface area contributed by atoms with E-state index < -0.39 is 0 Å². The lowest BCUT2D eigenvalue weighted by molar-refractivity contribution is -0.131. The molecule has 0 spiro atoms. The maximum atomic E-state index is 13.3. The minimum absolute atomic E-state index is 0.105. The van der Waals surface area contributed by atoms with Crippen molar-refractivity contribution in [2.75, 3.05) is 26.7 Å². The summed E-state index contributed by atoms with van der Waals surface area (Å²) in [7, 11) is 1.82. The van der Waals surface area contributed by atoms with Crippen LogP contribution in [0, 0.1) is 5.82 Å². The van der Waals surface area contributed by atoms with E-state index in [-0.39, 0.29) is 11.7 Å². The quantitative estimate of drug-likeness (QED) is 0.748. The fourth-order valence-corrected chi connectivity index (χ4v) is 3.88. The number of carbonyl (C=O) groups excluding carboxylic acids is 1. The predicted molar refractivity (Wildman–Crippen MR) is 105 cm³/mol. The lowest BCUT2D eigenvalue weighted by Gasteiger charge is -2.21. The molecule has 1 N–H and O–H groups in total. The number of halogens is 1. The van der Waals surface area contributed by atoms with Crippen molar-refractivity contribution in [1.29, 1.82) is 0 Å². The monoisotopic (exact) mass is 365 g/mol. The maximum absolute atomic E-state index is 13.3. The first-order chi connectivity index (χ1) is 13.1. The molecule has 1 saturated heterocycles. The second-order valence-electron chi connectivity index (χ2n) is 7.41. The summed E-state index contributed by atoms with van der Waals surface area (Å²) in [5.74, 6) is 0.362. The van der Waals surface area contributed by atoms with Crippen LogP contribution in [-0.4, -0.2) is 47.4 Å². The Morgan fingerprint density at radius 3 is 2.85 bits per heavy atom. The third kappa shape index (κ3) is 4.03. The minimum atomic E-state index is -0.250. The molecule has 5 heteroatoms. The molecule has 0 saturated carbocycles. The van der Waals surface area contributed by atoms with Gasteiger partial charge in [0.25, 0.3) is 0 Å². The zero-order valence-corrected chi connectivity index (χ0v) is 15.5. The fourth-order valence-electron chi connectivity index (χ4n) is 3.88. The second kappa shape index (κ2) is 7.53. The lowest BCUT2D eigenvalue weighted by atomic mass is 9.99. The van der Waals surface area contributed by atoms with Gasteiger partial charge in [0, 0.05) is 30.2 Å². The molecule has 1 fully saturated rings. The van der Waals surface area contributed by atoms with Crippen LogP contribution < -0.4 is 0 Å². The minimum Gasteiger partial charge on any atom is -0.357 e. The van der Waals surface area contributed by atoms with E-state index >= 15 is 0 Å². The van der Waals surface area contributed by atoms with Crippen molar-refractivity contribution in [2.24, 2.45) is 0 Å². The smallest absolute Gasteiger partial charge is 0.236 e. The van der Waals surface area contributed by atoms with Crippen molar-refractivity contribution in [1.82, 2.24) is 14.8 Å². The van der Waals surface area contributed by atoms with Crippen molar-refractivity contribution in [3.8, 4) is 0 Å². The number of nitrogens with one attached hydrogen (secondary N) is 1. The molecule has 1 aromatic heterocycles. The number of H-pyrrole nitrogens is 1. The SMILES string of the molecule is CN(Cc1cc2cc(F)ccc2[nH]1)C(=O)CN1CC[C@@H](c2ccccc2)C1. The number of likely N-dealkylation sites (N-methyl/N-ethyl adjacent to an activating group) is 1. The van der Waals surface area contributed by atoms with E-state index in [1.54, 1.807) is 11.0 Å². The first kappa shape index (κ1) is 17.7. The summed E-state index contributed by atoms with van der Waals surface area (Å²) in [5, 5.41) is 0.830. The van der Waals surface area contributed by atoms with Crippen LogP contribution in [0.3, 0.4) is 0 Å². The normalized spacial score (nSPS) is 17.5. The number of likely N-dealkylation sites (tertiary alicyclic amines) is 1. The Balaban J connectivity index is 1.34. The van der Waals surface area contributed by atoms with Gasteiger partial charge in [0.05, 0.1) is 13.1 Å². The highest BCUT2D eigenvalue weighted by Gasteiger charge is 2.26. The molecule has 0 aliphatic carbocycles. The summed E-state index contributed by atoms with van der Waals surface area (Å²) < 4.78 is 13.3. The van der Waals surface area contributed by atoms with E-state index in [1.807, 2.05) is 19.2 Å². The van der Waals surface area contributed by atoms with E-state index in [2.05, 4.69) is 34.1 Å². The van der Waals surface area contributed by atoms with Crippen LogP contribution in [0.5, 0.6) is 0 Å². The lowest BCUT2D eigenvalue weighted by Crippen LogP contribution is -2.37. The van der Waals surface area contributed by atoms with Crippen LogP contribution in [0.15, 0.2) is 54.6 Å². The predicted octanol–water partition coefficient (Wildman–Crippen LogP) is 3.75. The average Bonchev–Trinajstić information content (AvgIpc) is 3.28. The molecular weight excluding hydrogens is 341 g/mol. The van der Waals surface area contributed by atoms with Crippen molar-refractivity contribution in [3.63, 3.8) is 0 Å². The number of fused-ring (bicyclic) bond motifs is 1. The molecule has 1 aliphatic rings. The van der Waals surface area contributed by atoms with Gasteiger partial charge < -0.3 is 9.88 Å². The molecule has 3 aromatic rings. The molecule has 1 atom stereocenters. The Bertz CT molecular complexity index is 937. The second-order valence-corrected chi connectivity index (χ2v) is 7.41. The van der Waals surface area contributed by atoms with Gasteiger partial charge in [-0.05, 0) is 48.7 Å². The Kier molecular flexibility index (Phi) is 4.94. The molecule has 4 nitrogen and oxygen atoms in total. The average molecular weight is 365 g/mol. The summed E-state index contributed by atoms with van der Waals surface area (Å²) >= 11 is 0. The highest BCUT2D eigenvalue weighted by molar-refractivity contribution is 5.81. The van der Waals surface area contributed by atoms with Gasteiger partial charge in [-0.25, -0.2) is 4.39 Å². The van der Waals surface area contributed by atoms with E-state index in [0.717, 1.165) is 36.1 Å². The Morgan fingerprint density at radius 2 is 2.04 bits per heavy atom. The van der Waals surface area contributed by atoms with Gasteiger partial charge in [-0.15, -0.1) is 0 Å². The molecule has 0 radical (unpaired) electrons. The molecule has 27 heavy (non-hydrogen) atoms. The van der Waals surface area contributed by atoms with Gasteiger partial charge in [-0.2, -0.15) is 0 Å². The first-order valence-corrected chi connectivity index (χ1v) is 9.37. The van der Waals surface area contributed by atoms with E-state index in [4.69, 9.17) is 0 Å². The number of aromatic nitrogens is 1. The highest BCUT2D eigenvalue weighted by Crippen LogP contribution is 2.26. The Labute approximate surface area is 158 Å². The number of hydrogen-bond acceptors (Lipinski definition) is 2. The third-order valence-electron chi connectivity index (χ3n) is 5.37. The molecule has 4 rings (SSSR count). The van der Waals surface area contributed by atoms with Gasteiger partial charge in [-0.1, -0.05) is 30.3 Å². The highest BCUT2D eigenvalue weighted by atomic mass is 19.1. The van der Waals surface area contributed by atoms with Crippen molar-refractivity contribution in [2.45, 2.75) is 18.9 Å². The van der Waals surface area contributed by atoms with Gasteiger partial charge in [-0.3, -0.25) is 9.69 Å². The van der Waals surface area contributed by atoms with Gasteiger partial charge >= 0.3 is 0 Å². The molecule has 2 aromatic carbocycles. The van der Waals surface area contributed by atoms with E-state index in [0.29, 0.717) is 19.0 Å².